The van der Waals surface area contributed by atoms with Crippen molar-refractivity contribution < 1.29 is 5.11 Å². The van der Waals surface area contributed by atoms with Gasteiger partial charge in [0.1, 0.15) is 18.0 Å². The zero-order valence-electron chi connectivity index (χ0n) is 11.1. The minimum absolute atomic E-state index is 0.146. The molecule has 1 aliphatic rings. The topological polar surface area (TPSA) is 70.1 Å². The van der Waals surface area contributed by atoms with Gasteiger partial charge in [0.2, 0.25) is 0 Å². The van der Waals surface area contributed by atoms with Crippen LogP contribution in [0.4, 0.5) is 11.6 Å². The Morgan fingerprint density at radius 3 is 2.61 bits per heavy atom. The number of aliphatic hydroxyl groups excluding tert-OH is 1. The van der Waals surface area contributed by atoms with E-state index in [0.29, 0.717) is 6.04 Å². The van der Waals surface area contributed by atoms with Gasteiger partial charge in [-0.15, -0.1) is 0 Å². The summed E-state index contributed by atoms with van der Waals surface area (Å²) in [6.45, 7) is 5.16. The summed E-state index contributed by atoms with van der Waals surface area (Å²) in [5.41, 5.74) is 1.13. The molecule has 0 radical (unpaired) electrons. The Balaban J connectivity index is 2.08. The predicted octanol–water partition coefficient (Wildman–Crippen LogP) is 1.80. The lowest BCUT2D eigenvalue weighted by atomic mass is 9.89. The second-order valence-electron chi connectivity index (χ2n) is 4.80. The van der Waals surface area contributed by atoms with Gasteiger partial charge in [-0.05, 0) is 25.7 Å². The van der Waals surface area contributed by atoms with Crippen molar-refractivity contribution in [2.75, 3.05) is 17.2 Å². The van der Waals surface area contributed by atoms with Gasteiger partial charge in [-0.2, -0.15) is 0 Å². The van der Waals surface area contributed by atoms with Gasteiger partial charge in [0.15, 0.2) is 0 Å². The normalized spacial score (nSPS) is 22.4. The number of rotatable bonds is 6. The summed E-state index contributed by atoms with van der Waals surface area (Å²) < 4.78 is 0. The summed E-state index contributed by atoms with van der Waals surface area (Å²) in [5, 5.41) is 16.0. The van der Waals surface area contributed by atoms with E-state index in [4.69, 9.17) is 0 Å². The molecule has 0 aliphatic heterocycles. The lowest BCUT2D eigenvalue weighted by Crippen LogP contribution is -2.39. The monoisotopic (exact) mass is 250 g/mol. The average molecular weight is 250 g/mol. The van der Waals surface area contributed by atoms with E-state index in [0.717, 1.165) is 49.4 Å². The van der Waals surface area contributed by atoms with Crippen LogP contribution in [0, 0.1) is 0 Å². The largest absolute Gasteiger partial charge is 0.393 e. The first kappa shape index (κ1) is 13.1. The van der Waals surface area contributed by atoms with E-state index < -0.39 is 0 Å². The SMILES string of the molecule is CCCNc1ncnc(NC2CC(O)C2)c1CC. The highest BCUT2D eigenvalue weighted by molar-refractivity contribution is 5.57. The van der Waals surface area contributed by atoms with Crippen molar-refractivity contribution in [1.82, 2.24) is 9.97 Å². The fourth-order valence-electron chi connectivity index (χ4n) is 2.17. The summed E-state index contributed by atoms with van der Waals surface area (Å²) in [7, 11) is 0. The van der Waals surface area contributed by atoms with Crippen molar-refractivity contribution in [3.63, 3.8) is 0 Å². The molecule has 5 nitrogen and oxygen atoms in total. The molecule has 1 aliphatic carbocycles. The molecule has 1 aromatic heterocycles. The summed E-state index contributed by atoms with van der Waals surface area (Å²) in [5.74, 6) is 1.83. The molecule has 18 heavy (non-hydrogen) atoms. The summed E-state index contributed by atoms with van der Waals surface area (Å²) in [6, 6.07) is 0.347. The number of hydrogen-bond donors (Lipinski definition) is 3. The Hall–Kier alpha value is -1.36. The molecule has 0 bridgehead atoms. The van der Waals surface area contributed by atoms with Crippen LogP contribution in [-0.2, 0) is 6.42 Å². The Kier molecular flexibility index (Phi) is 4.36. The Morgan fingerprint density at radius 1 is 1.28 bits per heavy atom. The predicted molar refractivity (Wildman–Crippen MR) is 72.8 cm³/mol. The minimum atomic E-state index is -0.146. The first-order chi connectivity index (χ1) is 8.74. The van der Waals surface area contributed by atoms with Crippen molar-refractivity contribution >= 4 is 11.6 Å². The molecular weight excluding hydrogens is 228 g/mol. The molecule has 5 heteroatoms. The molecule has 1 aromatic rings. The molecule has 0 aromatic carbocycles. The van der Waals surface area contributed by atoms with Crippen molar-refractivity contribution in [3.8, 4) is 0 Å². The van der Waals surface area contributed by atoms with Crippen molar-refractivity contribution in [1.29, 1.82) is 0 Å². The number of hydrogen-bond acceptors (Lipinski definition) is 5. The smallest absolute Gasteiger partial charge is 0.134 e. The Labute approximate surface area is 108 Å². The summed E-state index contributed by atoms with van der Waals surface area (Å²) in [4.78, 5) is 8.62. The van der Waals surface area contributed by atoms with Gasteiger partial charge in [-0.1, -0.05) is 13.8 Å². The molecule has 3 N–H and O–H groups in total. The second-order valence-corrected chi connectivity index (χ2v) is 4.80. The van der Waals surface area contributed by atoms with Crippen LogP contribution in [0.3, 0.4) is 0 Å². The number of nitrogens with zero attached hydrogens (tertiary/aromatic N) is 2. The molecule has 1 saturated carbocycles. The standard InChI is InChI=1S/C13H22N4O/c1-3-5-14-12-11(4-2)13(16-8-15-12)17-9-6-10(18)7-9/h8-10,18H,3-7H2,1-2H3,(H2,14,15,16,17). The molecular formula is C13H22N4O. The maximum atomic E-state index is 9.31. The van der Waals surface area contributed by atoms with Crippen LogP contribution in [0.15, 0.2) is 6.33 Å². The van der Waals surface area contributed by atoms with Gasteiger partial charge in [-0.25, -0.2) is 9.97 Å². The molecule has 0 unspecified atom stereocenters. The van der Waals surface area contributed by atoms with Crippen LogP contribution in [-0.4, -0.2) is 33.8 Å². The van der Waals surface area contributed by atoms with Crippen LogP contribution >= 0.6 is 0 Å². The zero-order valence-corrected chi connectivity index (χ0v) is 11.1. The van der Waals surface area contributed by atoms with Gasteiger partial charge in [0.05, 0.1) is 6.10 Å². The summed E-state index contributed by atoms with van der Waals surface area (Å²) >= 11 is 0. The second kappa shape index (κ2) is 6.00. The van der Waals surface area contributed by atoms with E-state index in [1.54, 1.807) is 6.33 Å². The lowest BCUT2D eigenvalue weighted by Gasteiger charge is -2.33. The van der Waals surface area contributed by atoms with Crippen molar-refractivity contribution in [2.24, 2.45) is 0 Å². The van der Waals surface area contributed by atoms with Crippen LogP contribution in [0.1, 0.15) is 38.7 Å². The number of anilines is 2. The third-order valence-electron chi connectivity index (χ3n) is 3.30. The van der Waals surface area contributed by atoms with Crippen LogP contribution in [0.5, 0.6) is 0 Å². The van der Waals surface area contributed by atoms with Gasteiger partial charge in [-0.3, -0.25) is 0 Å². The van der Waals surface area contributed by atoms with E-state index in [-0.39, 0.29) is 6.10 Å². The molecule has 1 fully saturated rings. The van der Waals surface area contributed by atoms with Crippen LogP contribution in [0.25, 0.3) is 0 Å². The third-order valence-corrected chi connectivity index (χ3v) is 3.30. The van der Waals surface area contributed by atoms with Crippen molar-refractivity contribution in [3.05, 3.63) is 11.9 Å². The quantitative estimate of drug-likeness (QED) is 0.718. The maximum Gasteiger partial charge on any atom is 0.134 e. The molecule has 100 valence electrons. The molecule has 0 spiro atoms. The maximum absolute atomic E-state index is 9.31. The van der Waals surface area contributed by atoms with E-state index in [9.17, 15) is 5.11 Å². The summed E-state index contributed by atoms with van der Waals surface area (Å²) in [6.07, 6.45) is 5.03. The van der Waals surface area contributed by atoms with E-state index >= 15 is 0 Å². The van der Waals surface area contributed by atoms with Gasteiger partial charge < -0.3 is 15.7 Å². The molecule has 0 amide bonds. The fourth-order valence-corrected chi connectivity index (χ4v) is 2.17. The van der Waals surface area contributed by atoms with Gasteiger partial charge >= 0.3 is 0 Å². The van der Waals surface area contributed by atoms with Gasteiger partial charge in [0, 0.05) is 18.2 Å². The Morgan fingerprint density at radius 2 is 2.00 bits per heavy atom. The number of aliphatic hydroxyl groups is 1. The van der Waals surface area contributed by atoms with E-state index in [1.807, 2.05) is 0 Å². The first-order valence-electron chi connectivity index (χ1n) is 6.76. The number of aromatic nitrogens is 2. The van der Waals surface area contributed by atoms with E-state index in [1.165, 1.54) is 0 Å². The average Bonchev–Trinajstić information content (AvgIpc) is 2.34. The van der Waals surface area contributed by atoms with Crippen molar-refractivity contribution in [2.45, 2.75) is 51.7 Å². The van der Waals surface area contributed by atoms with Gasteiger partial charge in [0.25, 0.3) is 0 Å². The molecule has 0 saturated heterocycles. The first-order valence-corrected chi connectivity index (χ1v) is 6.76. The van der Waals surface area contributed by atoms with E-state index in [2.05, 4.69) is 34.4 Å². The number of nitrogens with one attached hydrogen (secondary N) is 2. The minimum Gasteiger partial charge on any atom is -0.393 e. The highest BCUT2D eigenvalue weighted by Gasteiger charge is 2.28. The third kappa shape index (κ3) is 2.90. The highest BCUT2D eigenvalue weighted by Crippen LogP contribution is 2.27. The lowest BCUT2D eigenvalue weighted by molar-refractivity contribution is 0.0835. The van der Waals surface area contributed by atoms with Crippen LogP contribution in [0.2, 0.25) is 0 Å². The highest BCUT2D eigenvalue weighted by atomic mass is 16.3. The molecule has 0 atom stereocenters. The molecule has 1 heterocycles. The Bertz CT molecular complexity index is 391. The fraction of sp³-hybridized carbons (Fsp3) is 0.692. The van der Waals surface area contributed by atoms with Crippen LogP contribution < -0.4 is 10.6 Å². The zero-order chi connectivity index (χ0) is 13.0. The molecule has 2 rings (SSSR count).